The first-order chi connectivity index (χ1) is 14.6. The molecule has 3 aromatic heterocycles. The number of imidazole rings is 1. The third-order valence-electron chi connectivity index (χ3n) is 5.59. The van der Waals surface area contributed by atoms with Crippen LogP contribution in [0.2, 0.25) is 0 Å². The lowest BCUT2D eigenvalue weighted by Gasteiger charge is -2.20. The molecule has 2 unspecified atom stereocenters. The molecule has 1 aliphatic carbocycles. The third kappa shape index (κ3) is 3.44. The highest BCUT2D eigenvalue weighted by Gasteiger charge is 2.45. The Morgan fingerprint density at radius 1 is 1.13 bits per heavy atom. The predicted molar refractivity (Wildman–Crippen MR) is 106 cm³/mol. The Balaban J connectivity index is 0.000000133. The van der Waals surface area contributed by atoms with E-state index in [9.17, 15) is 9.18 Å². The van der Waals surface area contributed by atoms with E-state index in [1.807, 2.05) is 12.1 Å². The molecular formula is C20H20FN7O2. The molecule has 0 radical (unpaired) electrons. The maximum absolute atomic E-state index is 13.3. The highest BCUT2D eigenvalue weighted by Crippen LogP contribution is 2.46. The summed E-state index contributed by atoms with van der Waals surface area (Å²) in [7, 11) is 1.75. The number of nitrogens with zero attached hydrogens (tertiary/aromatic N) is 7. The van der Waals surface area contributed by atoms with Crippen molar-refractivity contribution >= 4 is 16.9 Å². The lowest BCUT2D eigenvalue weighted by Crippen LogP contribution is -2.22. The molecule has 30 heavy (non-hydrogen) atoms. The van der Waals surface area contributed by atoms with Crippen molar-refractivity contribution in [3.05, 3.63) is 65.3 Å². The lowest BCUT2D eigenvalue weighted by molar-refractivity contribution is 0.368. The van der Waals surface area contributed by atoms with Crippen molar-refractivity contribution in [3.8, 4) is 0 Å². The van der Waals surface area contributed by atoms with Gasteiger partial charge in [0.1, 0.15) is 18.7 Å². The number of anilines is 1. The van der Waals surface area contributed by atoms with Crippen LogP contribution in [0.3, 0.4) is 0 Å². The molecule has 0 amide bonds. The first-order valence-corrected chi connectivity index (χ1v) is 9.71. The van der Waals surface area contributed by atoms with E-state index < -0.39 is 0 Å². The Morgan fingerprint density at radius 3 is 2.63 bits per heavy atom. The van der Waals surface area contributed by atoms with Gasteiger partial charge in [-0.05, 0) is 30.4 Å². The minimum atomic E-state index is -0.187. The van der Waals surface area contributed by atoms with Crippen molar-refractivity contribution in [1.29, 1.82) is 0 Å². The van der Waals surface area contributed by atoms with E-state index in [0.29, 0.717) is 17.1 Å². The largest absolute Gasteiger partial charge is 0.369 e. The van der Waals surface area contributed by atoms with Crippen molar-refractivity contribution in [1.82, 2.24) is 29.2 Å². The second kappa shape index (κ2) is 7.36. The number of piperidine rings is 1. The molecule has 1 saturated carbocycles. The summed E-state index contributed by atoms with van der Waals surface area (Å²) in [4.78, 5) is 26.2. The molecule has 6 rings (SSSR count). The summed E-state index contributed by atoms with van der Waals surface area (Å²) in [5.74, 6) is 2.00. The smallest absolute Gasteiger partial charge is 0.280 e. The van der Waals surface area contributed by atoms with Gasteiger partial charge in [-0.1, -0.05) is 17.3 Å². The van der Waals surface area contributed by atoms with Gasteiger partial charge in [0, 0.05) is 20.1 Å². The molecule has 0 spiro atoms. The Labute approximate surface area is 170 Å². The fourth-order valence-electron chi connectivity index (χ4n) is 3.90. The number of aryl methyl sites for hydroxylation is 1. The SMILES string of the molecule is Cn1cnc2ncn(Cc3ncno3)c(=O)c21.Fc1ccccc1N1CC2CC2C1. The van der Waals surface area contributed by atoms with Crippen LogP contribution in [0.4, 0.5) is 10.1 Å². The molecule has 2 fully saturated rings. The third-order valence-corrected chi connectivity index (χ3v) is 5.59. The van der Waals surface area contributed by atoms with Gasteiger partial charge in [0.25, 0.3) is 5.56 Å². The topological polar surface area (TPSA) is 94.9 Å². The van der Waals surface area contributed by atoms with Gasteiger partial charge < -0.3 is 14.0 Å². The first kappa shape index (κ1) is 18.5. The van der Waals surface area contributed by atoms with Crippen LogP contribution < -0.4 is 10.5 Å². The molecule has 10 heteroatoms. The summed E-state index contributed by atoms with van der Waals surface area (Å²) in [6.07, 6.45) is 5.62. The van der Waals surface area contributed by atoms with Crippen LogP contribution in [0.15, 0.2) is 52.6 Å². The van der Waals surface area contributed by atoms with Gasteiger partial charge in [-0.3, -0.25) is 9.36 Å². The molecular weight excluding hydrogens is 389 g/mol. The first-order valence-electron chi connectivity index (χ1n) is 9.71. The molecule has 9 nitrogen and oxygen atoms in total. The van der Waals surface area contributed by atoms with Crippen molar-refractivity contribution in [2.24, 2.45) is 18.9 Å². The van der Waals surface area contributed by atoms with Crippen LogP contribution in [0.1, 0.15) is 12.3 Å². The summed E-state index contributed by atoms with van der Waals surface area (Å²) in [5, 5.41) is 3.48. The fraction of sp³-hybridized carbons (Fsp3) is 0.350. The minimum absolute atomic E-state index is 0.0798. The molecule has 0 bridgehead atoms. The quantitative estimate of drug-likeness (QED) is 0.510. The number of benzene rings is 1. The summed E-state index contributed by atoms with van der Waals surface area (Å²) >= 11 is 0. The average Bonchev–Trinajstić information content (AvgIpc) is 3.14. The van der Waals surface area contributed by atoms with Gasteiger partial charge in [-0.15, -0.1) is 0 Å². The van der Waals surface area contributed by atoms with Crippen LogP contribution in [0.25, 0.3) is 11.2 Å². The number of hydrogen-bond donors (Lipinski definition) is 0. The van der Waals surface area contributed by atoms with E-state index in [1.54, 1.807) is 30.1 Å². The van der Waals surface area contributed by atoms with Crippen LogP contribution in [-0.4, -0.2) is 42.3 Å². The molecule has 4 aromatic rings. The molecule has 4 heterocycles. The zero-order valence-corrected chi connectivity index (χ0v) is 16.3. The maximum Gasteiger partial charge on any atom is 0.280 e. The van der Waals surface area contributed by atoms with Crippen molar-refractivity contribution in [2.45, 2.75) is 13.0 Å². The van der Waals surface area contributed by atoms with E-state index in [-0.39, 0.29) is 17.9 Å². The van der Waals surface area contributed by atoms with Crippen molar-refractivity contribution < 1.29 is 8.91 Å². The van der Waals surface area contributed by atoms with E-state index in [2.05, 4.69) is 25.0 Å². The highest BCUT2D eigenvalue weighted by molar-refractivity contribution is 5.68. The van der Waals surface area contributed by atoms with Gasteiger partial charge >= 0.3 is 0 Å². The van der Waals surface area contributed by atoms with Crippen LogP contribution in [0.5, 0.6) is 0 Å². The van der Waals surface area contributed by atoms with Gasteiger partial charge in [0.2, 0.25) is 5.89 Å². The van der Waals surface area contributed by atoms with Crippen molar-refractivity contribution in [2.75, 3.05) is 18.0 Å². The van der Waals surface area contributed by atoms with Gasteiger partial charge in [-0.25, -0.2) is 14.4 Å². The summed E-state index contributed by atoms with van der Waals surface area (Å²) in [5.41, 5.74) is 1.48. The Bertz CT molecular complexity index is 1220. The molecule has 1 aromatic carbocycles. The molecule has 0 N–H and O–H groups in total. The van der Waals surface area contributed by atoms with Gasteiger partial charge in [0.05, 0.1) is 12.0 Å². The standard InChI is InChI=1S/C11H12FN.C9H8N6O2/c12-10-3-1-2-4-11(10)13-6-8-5-9(8)7-13;1-14-4-11-8-7(14)9(16)15(5-12-8)2-6-10-3-13-17-6/h1-4,8-9H,5-7H2;3-5H,2H2,1H3. The van der Waals surface area contributed by atoms with Crippen molar-refractivity contribution in [3.63, 3.8) is 0 Å². The highest BCUT2D eigenvalue weighted by atomic mass is 19.1. The molecule has 1 saturated heterocycles. The normalized spacial score (nSPS) is 19.5. The predicted octanol–water partition coefficient (Wildman–Crippen LogP) is 1.84. The Morgan fingerprint density at radius 2 is 1.90 bits per heavy atom. The van der Waals surface area contributed by atoms with Crippen LogP contribution >= 0.6 is 0 Å². The van der Waals surface area contributed by atoms with Crippen LogP contribution in [0, 0.1) is 17.7 Å². The molecule has 2 atom stereocenters. The van der Waals surface area contributed by atoms with E-state index in [0.717, 1.165) is 30.6 Å². The average molecular weight is 409 g/mol. The monoisotopic (exact) mass is 409 g/mol. The number of fused-ring (bicyclic) bond motifs is 2. The number of halogens is 1. The number of rotatable bonds is 3. The van der Waals surface area contributed by atoms with E-state index >= 15 is 0 Å². The van der Waals surface area contributed by atoms with Gasteiger partial charge in [-0.2, -0.15) is 4.98 Å². The van der Waals surface area contributed by atoms with E-state index in [4.69, 9.17) is 4.52 Å². The minimum Gasteiger partial charge on any atom is -0.369 e. The lowest BCUT2D eigenvalue weighted by atomic mass is 10.2. The summed E-state index contributed by atoms with van der Waals surface area (Å²) in [6.45, 7) is 2.32. The van der Waals surface area contributed by atoms with Gasteiger partial charge in [0.15, 0.2) is 17.5 Å². The zero-order valence-electron chi connectivity index (χ0n) is 16.3. The van der Waals surface area contributed by atoms with E-state index in [1.165, 1.54) is 23.6 Å². The summed E-state index contributed by atoms with van der Waals surface area (Å²) < 4.78 is 21.2. The molecule has 1 aliphatic heterocycles. The number of para-hydroxylation sites is 1. The zero-order chi connectivity index (χ0) is 20.7. The Kier molecular flexibility index (Phi) is 4.53. The molecule has 154 valence electrons. The fourth-order valence-corrected chi connectivity index (χ4v) is 3.90. The second-order valence-corrected chi connectivity index (χ2v) is 7.65. The summed E-state index contributed by atoms with van der Waals surface area (Å²) in [6, 6.07) is 7.07. The number of aromatic nitrogens is 6. The maximum atomic E-state index is 13.3. The van der Waals surface area contributed by atoms with Crippen LogP contribution in [-0.2, 0) is 13.6 Å². The number of hydrogen-bond acceptors (Lipinski definition) is 7. The second-order valence-electron chi connectivity index (χ2n) is 7.65. The molecule has 2 aliphatic rings. The Hall–Kier alpha value is -3.56.